The molecule has 21 heavy (non-hydrogen) atoms. The second-order valence-electron chi connectivity index (χ2n) is 4.62. The number of nitrogens with one attached hydrogen (secondary N) is 2. The highest BCUT2D eigenvalue weighted by Crippen LogP contribution is 2.36. The second kappa shape index (κ2) is 7.56. The lowest BCUT2D eigenvalue weighted by Gasteiger charge is -2.19. The lowest BCUT2D eigenvalue weighted by atomic mass is 10.2. The molecule has 7 heteroatoms. The number of halogens is 1. The minimum absolute atomic E-state index is 0.0328. The average Bonchev–Trinajstić information content (AvgIpc) is 2.45. The number of amides is 2. The van der Waals surface area contributed by atoms with Crippen LogP contribution in [0.3, 0.4) is 0 Å². The van der Waals surface area contributed by atoms with E-state index in [1.54, 1.807) is 23.9 Å². The van der Waals surface area contributed by atoms with Gasteiger partial charge in [-0.3, -0.25) is 9.59 Å². The van der Waals surface area contributed by atoms with Crippen LogP contribution in [0.1, 0.15) is 19.8 Å². The van der Waals surface area contributed by atoms with Crippen molar-refractivity contribution in [1.29, 1.82) is 0 Å². The lowest BCUT2D eigenvalue weighted by molar-refractivity contribution is -0.118. The van der Waals surface area contributed by atoms with Crippen molar-refractivity contribution in [2.24, 2.45) is 0 Å². The van der Waals surface area contributed by atoms with Crippen LogP contribution in [0.5, 0.6) is 5.75 Å². The standard InChI is InChI=1S/C14H17ClN2O3S/c1-2-3-4-21-8-14(19)16-10-6-12-11(5-9(10)15)17-13(18)7-20-12/h5-6H,2-4,7-8H2,1H3,(H,16,19)(H,17,18). The van der Waals surface area contributed by atoms with E-state index in [0.717, 1.165) is 18.6 Å². The molecule has 0 aliphatic carbocycles. The highest BCUT2D eigenvalue weighted by molar-refractivity contribution is 7.99. The van der Waals surface area contributed by atoms with Crippen molar-refractivity contribution in [3.8, 4) is 5.75 Å². The van der Waals surface area contributed by atoms with Crippen molar-refractivity contribution in [3.63, 3.8) is 0 Å². The van der Waals surface area contributed by atoms with Gasteiger partial charge in [-0.25, -0.2) is 0 Å². The van der Waals surface area contributed by atoms with Crippen molar-refractivity contribution in [3.05, 3.63) is 17.2 Å². The summed E-state index contributed by atoms with van der Waals surface area (Å²) in [6.07, 6.45) is 2.22. The van der Waals surface area contributed by atoms with E-state index in [1.807, 2.05) is 0 Å². The molecule has 1 aromatic carbocycles. The Bertz CT molecular complexity index is 551. The largest absolute Gasteiger partial charge is 0.482 e. The first-order chi connectivity index (χ1) is 10.1. The summed E-state index contributed by atoms with van der Waals surface area (Å²) >= 11 is 7.71. The highest BCUT2D eigenvalue weighted by atomic mass is 35.5. The Kier molecular flexibility index (Phi) is 5.76. The van der Waals surface area contributed by atoms with Crippen molar-refractivity contribution >= 4 is 46.6 Å². The maximum atomic E-state index is 11.8. The van der Waals surface area contributed by atoms with Gasteiger partial charge in [0.2, 0.25) is 5.91 Å². The Labute approximate surface area is 132 Å². The number of thioether (sulfide) groups is 1. The smallest absolute Gasteiger partial charge is 0.262 e. The molecule has 0 atom stereocenters. The monoisotopic (exact) mass is 328 g/mol. The van der Waals surface area contributed by atoms with Crippen molar-refractivity contribution in [2.45, 2.75) is 19.8 Å². The SMILES string of the molecule is CCCCSCC(=O)Nc1cc2c(cc1Cl)NC(=O)CO2. The first kappa shape index (κ1) is 16.0. The van der Waals surface area contributed by atoms with Crippen molar-refractivity contribution in [1.82, 2.24) is 0 Å². The number of fused-ring (bicyclic) bond motifs is 1. The molecule has 0 bridgehead atoms. The summed E-state index contributed by atoms with van der Waals surface area (Å²) in [4.78, 5) is 23.1. The van der Waals surface area contributed by atoms with Crippen LogP contribution < -0.4 is 15.4 Å². The maximum absolute atomic E-state index is 11.8. The van der Waals surface area contributed by atoms with Gasteiger partial charge in [-0.1, -0.05) is 24.9 Å². The van der Waals surface area contributed by atoms with E-state index in [4.69, 9.17) is 16.3 Å². The predicted octanol–water partition coefficient (Wildman–Crippen LogP) is 3.14. The highest BCUT2D eigenvalue weighted by Gasteiger charge is 2.18. The van der Waals surface area contributed by atoms with Gasteiger partial charge in [0.25, 0.3) is 5.91 Å². The van der Waals surface area contributed by atoms with Gasteiger partial charge in [0.05, 0.1) is 22.2 Å². The van der Waals surface area contributed by atoms with Gasteiger partial charge in [0.1, 0.15) is 5.75 Å². The van der Waals surface area contributed by atoms with Crippen LogP contribution in [0.4, 0.5) is 11.4 Å². The fourth-order valence-corrected chi connectivity index (χ4v) is 2.90. The molecule has 0 radical (unpaired) electrons. The number of anilines is 2. The second-order valence-corrected chi connectivity index (χ2v) is 6.13. The average molecular weight is 329 g/mol. The molecule has 5 nitrogen and oxygen atoms in total. The number of ether oxygens (including phenoxy) is 1. The normalized spacial score (nSPS) is 13.1. The molecule has 1 heterocycles. The molecule has 114 valence electrons. The quantitative estimate of drug-likeness (QED) is 0.787. The summed E-state index contributed by atoms with van der Waals surface area (Å²) < 4.78 is 5.30. The first-order valence-electron chi connectivity index (χ1n) is 6.74. The van der Waals surface area contributed by atoms with Gasteiger partial charge in [-0.05, 0) is 18.2 Å². The number of carbonyl (C=O) groups excluding carboxylic acids is 2. The number of carbonyl (C=O) groups is 2. The fraction of sp³-hybridized carbons (Fsp3) is 0.429. The Hall–Kier alpha value is -1.40. The predicted molar refractivity (Wildman–Crippen MR) is 86.4 cm³/mol. The van der Waals surface area contributed by atoms with E-state index in [0.29, 0.717) is 27.9 Å². The molecule has 0 saturated carbocycles. The molecule has 0 saturated heterocycles. The molecule has 0 spiro atoms. The molecule has 1 aliphatic rings. The zero-order valence-corrected chi connectivity index (χ0v) is 13.3. The summed E-state index contributed by atoms with van der Waals surface area (Å²) in [5, 5.41) is 5.80. The van der Waals surface area contributed by atoms with E-state index in [1.165, 1.54) is 0 Å². The van der Waals surface area contributed by atoms with Gasteiger partial charge >= 0.3 is 0 Å². The Morgan fingerprint density at radius 3 is 3.10 bits per heavy atom. The molecule has 2 N–H and O–H groups in total. The number of unbranched alkanes of at least 4 members (excludes halogenated alkanes) is 1. The van der Waals surface area contributed by atoms with Crippen LogP contribution in [-0.2, 0) is 9.59 Å². The van der Waals surface area contributed by atoms with Crippen molar-refractivity contribution in [2.75, 3.05) is 28.7 Å². The summed E-state index contributed by atoms with van der Waals surface area (Å²) in [5.74, 6) is 1.55. The van der Waals surface area contributed by atoms with Gasteiger partial charge in [-0.2, -0.15) is 11.8 Å². The van der Waals surface area contributed by atoms with Crippen LogP contribution in [0.15, 0.2) is 12.1 Å². The first-order valence-corrected chi connectivity index (χ1v) is 8.27. The number of benzene rings is 1. The summed E-state index contributed by atoms with van der Waals surface area (Å²) in [7, 11) is 0. The molecular weight excluding hydrogens is 312 g/mol. The van der Waals surface area contributed by atoms with E-state index in [9.17, 15) is 9.59 Å². The van der Waals surface area contributed by atoms with Crippen LogP contribution in [0, 0.1) is 0 Å². The van der Waals surface area contributed by atoms with Crippen molar-refractivity contribution < 1.29 is 14.3 Å². The minimum atomic E-state index is -0.220. The maximum Gasteiger partial charge on any atom is 0.262 e. The fourth-order valence-electron chi connectivity index (χ4n) is 1.79. The van der Waals surface area contributed by atoms with E-state index in [2.05, 4.69) is 17.6 Å². The Balaban J connectivity index is 1.97. The molecule has 0 unspecified atom stereocenters. The molecule has 2 amide bonds. The molecule has 2 rings (SSSR count). The number of hydrogen-bond donors (Lipinski definition) is 2. The van der Waals surface area contributed by atoms with Crippen LogP contribution in [0.2, 0.25) is 5.02 Å². The van der Waals surface area contributed by atoms with Crippen LogP contribution in [-0.4, -0.2) is 29.9 Å². The third kappa shape index (κ3) is 4.54. The Morgan fingerprint density at radius 2 is 2.33 bits per heavy atom. The molecule has 0 aromatic heterocycles. The molecule has 1 aromatic rings. The molecule has 0 fully saturated rings. The molecular formula is C14H17ClN2O3S. The van der Waals surface area contributed by atoms with E-state index < -0.39 is 0 Å². The number of rotatable bonds is 6. The number of hydrogen-bond acceptors (Lipinski definition) is 4. The summed E-state index contributed by atoms with van der Waals surface area (Å²) in [6.45, 7) is 2.08. The van der Waals surface area contributed by atoms with Gasteiger partial charge in [-0.15, -0.1) is 0 Å². The lowest BCUT2D eigenvalue weighted by Crippen LogP contribution is -2.25. The zero-order valence-electron chi connectivity index (χ0n) is 11.7. The summed E-state index contributed by atoms with van der Waals surface area (Å²) in [6, 6.07) is 3.21. The topological polar surface area (TPSA) is 67.4 Å². The van der Waals surface area contributed by atoms with Crippen LogP contribution in [0.25, 0.3) is 0 Å². The zero-order chi connectivity index (χ0) is 15.2. The third-order valence-electron chi connectivity index (χ3n) is 2.85. The van der Waals surface area contributed by atoms with Gasteiger partial charge in [0.15, 0.2) is 6.61 Å². The Morgan fingerprint density at radius 1 is 1.52 bits per heavy atom. The summed E-state index contributed by atoms with van der Waals surface area (Å²) in [5.41, 5.74) is 1.01. The molecule has 1 aliphatic heterocycles. The van der Waals surface area contributed by atoms with Gasteiger partial charge < -0.3 is 15.4 Å². The minimum Gasteiger partial charge on any atom is -0.482 e. The van der Waals surface area contributed by atoms with Crippen LogP contribution >= 0.6 is 23.4 Å². The third-order valence-corrected chi connectivity index (χ3v) is 4.21. The van der Waals surface area contributed by atoms with E-state index in [-0.39, 0.29) is 18.4 Å². The van der Waals surface area contributed by atoms with E-state index >= 15 is 0 Å². The van der Waals surface area contributed by atoms with Gasteiger partial charge in [0, 0.05) is 6.07 Å².